The third-order valence-electron chi connectivity index (χ3n) is 9.76. The Morgan fingerprint density at radius 2 is 1.41 bits per heavy atom. The van der Waals surface area contributed by atoms with E-state index in [0.717, 1.165) is 21.6 Å². The van der Waals surface area contributed by atoms with Crippen molar-refractivity contribution in [3.8, 4) is 5.75 Å². The molecule has 13 N–H and O–H groups in total. The number of likely N-dealkylation sites (tertiary alicyclic amines) is 1. The van der Waals surface area contributed by atoms with Gasteiger partial charge in [0.25, 0.3) is 0 Å². The molecule has 2 fully saturated rings. The van der Waals surface area contributed by atoms with E-state index in [2.05, 4.69) is 26.6 Å². The molecule has 22 heteroatoms. The first kappa shape index (κ1) is 47.3. The van der Waals surface area contributed by atoms with Gasteiger partial charge in [0.1, 0.15) is 42.0 Å². The van der Waals surface area contributed by atoms with Crippen LogP contribution in [0, 0.1) is 5.92 Å². The number of amides is 9. The van der Waals surface area contributed by atoms with Crippen LogP contribution in [0.2, 0.25) is 0 Å². The van der Waals surface area contributed by atoms with Crippen LogP contribution in [0.15, 0.2) is 24.3 Å². The Morgan fingerprint density at radius 1 is 0.810 bits per heavy atom. The van der Waals surface area contributed by atoms with Gasteiger partial charge >= 0.3 is 0 Å². The number of benzene rings is 1. The number of hydrogen-bond acceptors (Lipinski definition) is 13. The van der Waals surface area contributed by atoms with Crippen molar-refractivity contribution in [3.63, 3.8) is 0 Å². The molecule has 2 aliphatic heterocycles. The maximum absolute atomic E-state index is 14.0. The number of carbonyl (C=O) groups excluding carboxylic acids is 9. The number of nitrogens with two attached hydrogens (primary N) is 4. The summed E-state index contributed by atoms with van der Waals surface area (Å²) in [5.74, 6) is -7.57. The van der Waals surface area contributed by atoms with Crippen molar-refractivity contribution in [2.24, 2.45) is 28.9 Å². The van der Waals surface area contributed by atoms with Crippen molar-refractivity contribution in [2.75, 3.05) is 25.2 Å². The van der Waals surface area contributed by atoms with E-state index >= 15 is 0 Å². The Hall–Kier alpha value is -5.09. The molecule has 9 amide bonds. The fraction of sp³-hybridized carbons (Fsp3) is 0.583. The number of ether oxygens (including phenoxy) is 1. The fourth-order valence-corrected chi connectivity index (χ4v) is 8.51. The van der Waals surface area contributed by atoms with Crippen molar-refractivity contribution < 1.29 is 47.9 Å². The van der Waals surface area contributed by atoms with E-state index in [-0.39, 0.29) is 37.3 Å². The second-order valence-corrected chi connectivity index (χ2v) is 16.7. The van der Waals surface area contributed by atoms with Gasteiger partial charge in [0, 0.05) is 30.9 Å². The van der Waals surface area contributed by atoms with E-state index < -0.39 is 108 Å². The fourth-order valence-electron chi connectivity index (χ4n) is 6.23. The van der Waals surface area contributed by atoms with Crippen molar-refractivity contribution in [1.82, 2.24) is 31.5 Å². The molecule has 320 valence electrons. The lowest BCUT2D eigenvalue weighted by atomic mass is 9.96. The molecule has 2 saturated heterocycles. The number of rotatable bonds is 12. The van der Waals surface area contributed by atoms with Crippen LogP contribution in [-0.4, -0.2) is 126 Å². The molecule has 3 rings (SSSR count). The van der Waals surface area contributed by atoms with Gasteiger partial charge in [-0.05, 0) is 42.9 Å². The summed E-state index contributed by atoms with van der Waals surface area (Å²) in [6.45, 7) is 3.63. The Labute approximate surface area is 343 Å². The lowest BCUT2D eigenvalue weighted by Gasteiger charge is -2.30. The first-order valence-corrected chi connectivity index (χ1v) is 21.3. The molecule has 8 atom stereocenters. The Morgan fingerprint density at radius 3 is 2.02 bits per heavy atom. The summed E-state index contributed by atoms with van der Waals surface area (Å²) in [5, 5.41) is 12.9. The number of hydrogen-bond donors (Lipinski definition) is 9. The maximum atomic E-state index is 14.0. The molecule has 0 radical (unpaired) electrons. The van der Waals surface area contributed by atoms with Crippen LogP contribution in [0.25, 0.3) is 0 Å². The summed E-state index contributed by atoms with van der Waals surface area (Å²) in [7, 11) is 3.66. The third-order valence-corrected chi connectivity index (χ3v) is 12.2. The smallest absolute Gasteiger partial charge is 0.246 e. The number of primary amides is 3. The summed E-state index contributed by atoms with van der Waals surface area (Å²) in [6, 6.07) is -2.33. The SMILES string of the molecule is CC[C@H](C)[C@@H]1NC(=O)[C@H](Cc2ccc(OC)cc2)NC(=O)[C@@H](N)CSSC[C@@H](C(=O)N2CCC[C@H]2C(N)=O)NC(=O)[C@H](CC(N)=O)NC(=O)[C@H](CCC(N)=O)NC1=O. The standard InChI is InChI=1S/C36H54N10O10S2/c1-4-18(2)29-35(54)41-22(11-12-27(38)47)32(51)43-24(15-28(39)48)33(52)44-25(36(55)46-13-5-6-26(46)30(40)49)17-58-57-16-21(37)31(50)42-23(34(53)45-29)14-19-7-9-20(56-3)10-8-19/h7-10,18,21-26,29H,4-6,11-17,37H2,1-3H3,(H2,38,47)(H2,39,48)(H2,40,49)(H,41,54)(H,42,50)(H,43,51)(H,44,52)(H,45,53)/t18-,21-,22-,23-,24-,25-,26-,29-/m0/s1. The lowest BCUT2D eigenvalue weighted by molar-refractivity contribution is -0.140. The van der Waals surface area contributed by atoms with Gasteiger partial charge in [-0.1, -0.05) is 54.0 Å². The number of carbonyl (C=O) groups is 9. The number of nitrogens with zero attached hydrogens (tertiary/aromatic N) is 1. The van der Waals surface area contributed by atoms with Gasteiger partial charge in [0.05, 0.1) is 19.6 Å². The highest BCUT2D eigenvalue weighted by atomic mass is 33.1. The Balaban J connectivity index is 2.06. The average Bonchev–Trinajstić information content (AvgIpc) is 3.68. The molecule has 20 nitrogen and oxygen atoms in total. The van der Waals surface area contributed by atoms with E-state index in [1.807, 2.05) is 0 Å². The van der Waals surface area contributed by atoms with E-state index in [9.17, 15) is 43.2 Å². The highest BCUT2D eigenvalue weighted by molar-refractivity contribution is 8.76. The maximum Gasteiger partial charge on any atom is 0.246 e. The average molecular weight is 851 g/mol. The topological polar surface area (TPSA) is 330 Å². The van der Waals surface area contributed by atoms with E-state index in [1.165, 1.54) is 12.0 Å². The van der Waals surface area contributed by atoms with Crippen LogP contribution in [-0.2, 0) is 49.6 Å². The van der Waals surface area contributed by atoms with Crippen LogP contribution in [0.4, 0.5) is 0 Å². The Bertz CT molecular complexity index is 1690. The zero-order valence-corrected chi connectivity index (χ0v) is 34.3. The minimum absolute atomic E-state index is 0.0117. The molecule has 0 bridgehead atoms. The molecule has 0 saturated carbocycles. The van der Waals surface area contributed by atoms with Gasteiger partial charge in [-0.2, -0.15) is 0 Å². The second kappa shape index (κ2) is 22.7. The van der Waals surface area contributed by atoms with Crippen molar-refractivity contribution in [2.45, 2.75) is 101 Å². The van der Waals surface area contributed by atoms with Gasteiger partial charge in [0.15, 0.2) is 0 Å². The highest BCUT2D eigenvalue weighted by Gasteiger charge is 2.39. The summed E-state index contributed by atoms with van der Waals surface area (Å²) < 4.78 is 5.23. The predicted octanol–water partition coefficient (Wildman–Crippen LogP) is -2.95. The van der Waals surface area contributed by atoms with Crippen molar-refractivity contribution >= 4 is 74.8 Å². The molecule has 1 aromatic carbocycles. The minimum atomic E-state index is -1.66. The van der Waals surface area contributed by atoms with Crippen LogP contribution in [0.1, 0.15) is 57.9 Å². The molecular weight excluding hydrogens is 797 g/mol. The molecule has 0 spiro atoms. The summed E-state index contributed by atoms with van der Waals surface area (Å²) in [6.07, 6.45) is -0.306. The molecule has 0 aromatic heterocycles. The molecule has 1 aromatic rings. The normalized spacial score (nSPS) is 26.2. The van der Waals surface area contributed by atoms with Crippen LogP contribution in [0.5, 0.6) is 5.75 Å². The number of nitrogens with one attached hydrogen (secondary N) is 5. The van der Waals surface area contributed by atoms with E-state index in [0.29, 0.717) is 30.6 Å². The third kappa shape index (κ3) is 14.1. The van der Waals surface area contributed by atoms with Gasteiger partial charge in [0.2, 0.25) is 53.2 Å². The minimum Gasteiger partial charge on any atom is -0.497 e. The molecule has 2 aliphatic rings. The first-order chi connectivity index (χ1) is 27.4. The predicted molar refractivity (Wildman–Crippen MR) is 215 cm³/mol. The van der Waals surface area contributed by atoms with Gasteiger partial charge in [-0.15, -0.1) is 0 Å². The highest BCUT2D eigenvalue weighted by Crippen LogP contribution is 2.25. The summed E-state index contributed by atoms with van der Waals surface area (Å²) in [5.41, 5.74) is 23.3. The lowest BCUT2D eigenvalue weighted by Crippen LogP contribution is -2.61. The molecular formula is C36H54N10O10S2. The largest absolute Gasteiger partial charge is 0.497 e. The molecule has 0 aliphatic carbocycles. The second-order valence-electron chi connectivity index (χ2n) is 14.1. The van der Waals surface area contributed by atoms with Crippen molar-refractivity contribution in [3.05, 3.63) is 29.8 Å². The monoisotopic (exact) mass is 850 g/mol. The van der Waals surface area contributed by atoms with E-state index in [4.69, 9.17) is 27.7 Å². The van der Waals surface area contributed by atoms with Crippen LogP contribution < -0.4 is 54.3 Å². The van der Waals surface area contributed by atoms with Crippen LogP contribution >= 0.6 is 21.6 Å². The molecule has 58 heavy (non-hydrogen) atoms. The summed E-state index contributed by atoms with van der Waals surface area (Å²) in [4.78, 5) is 120. The first-order valence-electron chi connectivity index (χ1n) is 18.8. The van der Waals surface area contributed by atoms with Crippen molar-refractivity contribution in [1.29, 1.82) is 0 Å². The molecule has 0 unspecified atom stereocenters. The van der Waals surface area contributed by atoms with Gasteiger partial charge < -0.3 is 59.2 Å². The van der Waals surface area contributed by atoms with Crippen LogP contribution in [0.3, 0.4) is 0 Å². The summed E-state index contributed by atoms with van der Waals surface area (Å²) >= 11 is 0. The zero-order valence-electron chi connectivity index (χ0n) is 32.7. The zero-order chi connectivity index (χ0) is 43.1. The van der Waals surface area contributed by atoms with Gasteiger partial charge in [-0.25, -0.2) is 0 Å². The molecule has 2 heterocycles. The van der Waals surface area contributed by atoms with Gasteiger partial charge in [-0.3, -0.25) is 43.2 Å². The van der Waals surface area contributed by atoms with E-state index in [1.54, 1.807) is 38.1 Å². The Kier molecular flexibility index (Phi) is 18.5. The quantitative estimate of drug-likeness (QED) is 0.0952. The number of methoxy groups -OCH3 is 1.